The highest BCUT2D eigenvalue weighted by molar-refractivity contribution is 7.46. The van der Waals surface area contributed by atoms with Gasteiger partial charge in [-0.25, -0.2) is 4.57 Å². The van der Waals surface area contributed by atoms with Crippen LogP contribution in [-0.2, 0) is 28.2 Å². The summed E-state index contributed by atoms with van der Waals surface area (Å²) in [5.74, 6) is -0.889. The topological polar surface area (TPSA) is 119 Å². The summed E-state index contributed by atoms with van der Waals surface area (Å²) >= 11 is 0. The molecule has 0 amide bonds. The van der Waals surface area contributed by atoms with Crippen LogP contribution in [0.15, 0.2) is 24.3 Å². The molecule has 9 heteroatoms. The van der Waals surface area contributed by atoms with Gasteiger partial charge in [0.2, 0.25) is 0 Å². The van der Waals surface area contributed by atoms with E-state index in [2.05, 4.69) is 42.7 Å². The Bertz CT molecular complexity index is 962. The van der Waals surface area contributed by atoms with Gasteiger partial charge in [0.05, 0.1) is 6.61 Å². The minimum Gasteiger partial charge on any atom is -0.462 e. The van der Waals surface area contributed by atoms with E-state index in [-0.39, 0.29) is 19.4 Å². The van der Waals surface area contributed by atoms with Crippen molar-refractivity contribution in [1.29, 1.82) is 0 Å². The number of hydrogen-bond acceptors (Lipinski definition) is 6. The molecule has 8 nitrogen and oxygen atoms in total. The Morgan fingerprint density at radius 3 is 1.21 bits per heavy atom. The zero-order valence-electron chi connectivity index (χ0n) is 36.5. The van der Waals surface area contributed by atoms with Gasteiger partial charge in [-0.2, -0.15) is 0 Å². The van der Waals surface area contributed by atoms with E-state index in [0.29, 0.717) is 12.8 Å². The number of allylic oxidation sites excluding steroid dienone is 4. The summed E-state index contributed by atoms with van der Waals surface area (Å²) in [6.07, 6.45) is 50.5. The molecule has 2 N–H and O–H groups in total. The molecule has 56 heavy (non-hydrogen) atoms. The van der Waals surface area contributed by atoms with Crippen LogP contribution in [0.25, 0.3) is 0 Å². The number of phosphoric ester groups is 1. The van der Waals surface area contributed by atoms with Crippen molar-refractivity contribution in [3.8, 4) is 0 Å². The van der Waals surface area contributed by atoms with Crippen LogP contribution < -0.4 is 0 Å². The molecule has 330 valence electrons. The molecular weight excluding hydrogens is 723 g/mol. The van der Waals surface area contributed by atoms with E-state index in [9.17, 15) is 14.2 Å². The lowest BCUT2D eigenvalue weighted by molar-refractivity contribution is -0.161. The minimum absolute atomic E-state index is 0.214. The molecule has 0 rings (SSSR count). The molecule has 1 atom stereocenters. The first-order chi connectivity index (χ1) is 27.3. The zero-order chi connectivity index (χ0) is 41.1. The molecule has 0 spiro atoms. The Morgan fingerprint density at radius 2 is 0.804 bits per heavy atom. The second kappa shape index (κ2) is 43.1. The highest BCUT2D eigenvalue weighted by Crippen LogP contribution is 2.36. The van der Waals surface area contributed by atoms with Crippen LogP contribution in [0.5, 0.6) is 0 Å². The van der Waals surface area contributed by atoms with E-state index in [1.54, 1.807) is 0 Å². The Hall–Kier alpha value is -1.47. The predicted octanol–water partition coefficient (Wildman–Crippen LogP) is 14.7. The molecule has 0 bridgehead atoms. The molecule has 0 aliphatic rings. The monoisotopic (exact) mass is 813 g/mol. The van der Waals surface area contributed by atoms with Gasteiger partial charge in [0.15, 0.2) is 6.10 Å². The smallest absolute Gasteiger partial charge is 0.462 e. The van der Waals surface area contributed by atoms with Crippen molar-refractivity contribution in [2.24, 2.45) is 0 Å². The van der Waals surface area contributed by atoms with Crippen LogP contribution in [0, 0.1) is 0 Å². The number of phosphoric acid groups is 1. The standard InChI is InChI=1S/C47H89O8P/c1-3-5-7-9-11-13-15-17-19-20-21-22-23-24-25-26-28-30-32-34-36-38-40-42-47(49)55-45(44-54-56(50,51)52)43-53-46(48)41-39-37-35-33-31-29-27-18-16-14-12-10-8-6-4-2/h12,14,18,27,45H,3-11,13,15-17,19-26,28-44H2,1-2H3,(H2,50,51,52)/b14-12+,27-18+/t45-/m1/s1. The van der Waals surface area contributed by atoms with E-state index >= 15 is 0 Å². The maximum Gasteiger partial charge on any atom is 0.469 e. The van der Waals surface area contributed by atoms with Gasteiger partial charge < -0.3 is 19.3 Å². The van der Waals surface area contributed by atoms with Crippen LogP contribution in [0.1, 0.15) is 245 Å². The molecule has 0 saturated heterocycles. The van der Waals surface area contributed by atoms with Crippen molar-refractivity contribution in [3.05, 3.63) is 24.3 Å². The molecule has 0 aromatic heterocycles. The van der Waals surface area contributed by atoms with Gasteiger partial charge in [0, 0.05) is 12.8 Å². The summed E-state index contributed by atoms with van der Waals surface area (Å²) in [6, 6.07) is 0. The minimum atomic E-state index is -4.76. The molecule has 0 aromatic carbocycles. The van der Waals surface area contributed by atoms with Crippen LogP contribution in [0.3, 0.4) is 0 Å². The summed E-state index contributed by atoms with van der Waals surface area (Å²) in [6.45, 7) is 3.68. The highest BCUT2D eigenvalue weighted by Gasteiger charge is 2.23. The first-order valence-electron chi connectivity index (χ1n) is 23.6. The quantitative estimate of drug-likeness (QED) is 0.0270. The van der Waals surface area contributed by atoms with Crippen molar-refractivity contribution in [1.82, 2.24) is 0 Å². The van der Waals surface area contributed by atoms with Crippen molar-refractivity contribution in [3.63, 3.8) is 0 Å². The van der Waals surface area contributed by atoms with Gasteiger partial charge in [-0.05, 0) is 44.9 Å². The first-order valence-corrected chi connectivity index (χ1v) is 25.2. The molecule has 0 aliphatic heterocycles. The lowest BCUT2D eigenvalue weighted by Gasteiger charge is -2.18. The van der Waals surface area contributed by atoms with Crippen LogP contribution in [-0.4, -0.2) is 41.0 Å². The zero-order valence-corrected chi connectivity index (χ0v) is 37.4. The Labute approximate surface area is 345 Å². The fourth-order valence-electron chi connectivity index (χ4n) is 6.93. The van der Waals surface area contributed by atoms with E-state index in [1.165, 1.54) is 148 Å². The third-order valence-corrected chi connectivity index (χ3v) is 11.0. The largest absolute Gasteiger partial charge is 0.469 e. The van der Waals surface area contributed by atoms with Gasteiger partial charge in [-0.1, -0.05) is 212 Å². The molecule has 0 aromatic rings. The summed E-state index contributed by atoms with van der Waals surface area (Å²) in [4.78, 5) is 43.0. The number of hydrogen-bond donors (Lipinski definition) is 2. The molecule has 0 saturated carbocycles. The van der Waals surface area contributed by atoms with Gasteiger partial charge in [0.1, 0.15) is 6.61 Å². The lowest BCUT2D eigenvalue weighted by Crippen LogP contribution is -2.29. The highest BCUT2D eigenvalue weighted by atomic mass is 31.2. The SMILES string of the molecule is CCCCC/C=C/C/C=C/CCCCCCCC(=O)OC[C@H](COP(=O)(O)O)OC(=O)CCCCCCCCCCCCCCCCCCCCCCCCC. The second-order valence-electron chi connectivity index (χ2n) is 16.1. The Kier molecular flexibility index (Phi) is 42.0. The fraction of sp³-hybridized carbons (Fsp3) is 0.872. The first kappa shape index (κ1) is 54.5. The maximum atomic E-state index is 12.4. The second-order valence-corrected chi connectivity index (χ2v) is 17.3. The average molecular weight is 813 g/mol. The molecule has 0 heterocycles. The molecule has 0 unspecified atom stereocenters. The third-order valence-electron chi connectivity index (χ3n) is 10.5. The summed E-state index contributed by atoms with van der Waals surface area (Å²) in [5, 5.41) is 0. The van der Waals surface area contributed by atoms with Crippen molar-refractivity contribution in [2.75, 3.05) is 13.2 Å². The van der Waals surface area contributed by atoms with Gasteiger partial charge >= 0.3 is 19.8 Å². The van der Waals surface area contributed by atoms with E-state index in [4.69, 9.17) is 19.3 Å². The Balaban J connectivity index is 3.81. The molecular formula is C47H89O8P. The molecule has 0 fully saturated rings. The van der Waals surface area contributed by atoms with Crippen LogP contribution in [0.2, 0.25) is 0 Å². The summed E-state index contributed by atoms with van der Waals surface area (Å²) in [7, 11) is -4.76. The van der Waals surface area contributed by atoms with Gasteiger partial charge in [0.25, 0.3) is 0 Å². The average Bonchev–Trinajstić information content (AvgIpc) is 3.17. The van der Waals surface area contributed by atoms with E-state index < -0.39 is 32.5 Å². The summed E-state index contributed by atoms with van der Waals surface area (Å²) < 4.78 is 26.5. The third kappa shape index (κ3) is 45.2. The molecule has 0 aliphatic carbocycles. The number of ether oxygens (including phenoxy) is 2. The number of esters is 2. The number of rotatable bonds is 44. The summed E-state index contributed by atoms with van der Waals surface area (Å²) in [5.41, 5.74) is 0. The van der Waals surface area contributed by atoms with Crippen molar-refractivity contribution < 1.29 is 37.9 Å². The van der Waals surface area contributed by atoms with Crippen LogP contribution >= 0.6 is 7.82 Å². The molecule has 0 radical (unpaired) electrons. The van der Waals surface area contributed by atoms with Gasteiger partial charge in [-0.3, -0.25) is 14.1 Å². The lowest BCUT2D eigenvalue weighted by atomic mass is 10.0. The van der Waals surface area contributed by atoms with Gasteiger partial charge in [-0.15, -0.1) is 0 Å². The van der Waals surface area contributed by atoms with E-state index in [0.717, 1.165) is 57.8 Å². The maximum absolute atomic E-state index is 12.4. The number of carbonyl (C=O) groups is 2. The fourth-order valence-corrected chi connectivity index (χ4v) is 7.30. The van der Waals surface area contributed by atoms with E-state index in [1.807, 2.05) is 0 Å². The number of carbonyl (C=O) groups excluding carboxylic acids is 2. The van der Waals surface area contributed by atoms with Crippen molar-refractivity contribution >= 4 is 19.8 Å². The number of unbranched alkanes of at least 4 members (excludes halogenated alkanes) is 30. The normalized spacial score (nSPS) is 12.6. The van der Waals surface area contributed by atoms with Crippen molar-refractivity contribution in [2.45, 2.75) is 251 Å². The van der Waals surface area contributed by atoms with Crippen LogP contribution in [0.4, 0.5) is 0 Å². The Morgan fingerprint density at radius 1 is 0.464 bits per heavy atom. The predicted molar refractivity (Wildman–Crippen MR) is 235 cm³/mol.